The molecule has 128 valence electrons. The number of phenolic OH excluding ortho intramolecular Hbond substituents is 2. The Morgan fingerprint density at radius 3 is 2.33 bits per heavy atom. The van der Waals surface area contributed by atoms with Crippen molar-refractivity contribution >= 4 is 11.7 Å². The van der Waals surface area contributed by atoms with Gasteiger partial charge in [-0.25, -0.2) is 4.79 Å². The Balaban J connectivity index is 1.88. The number of aromatic hydroxyl groups is 2. The van der Waals surface area contributed by atoms with Crippen LogP contribution in [0.15, 0.2) is 42.5 Å². The SMILES string of the molecule is CCC(C)Oc1ccc(NC(=O)NCc2c(O)cccc2O)cc1. The van der Waals surface area contributed by atoms with Crippen molar-refractivity contribution in [1.29, 1.82) is 0 Å². The van der Waals surface area contributed by atoms with Gasteiger partial charge in [0.15, 0.2) is 0 Å². The quantitative estimate of drug-likeness (QED) is 0.651. The van der Waals surface area contributed by atoms with Gasteiger partial charge in [-0.1, -0.05) is 13.0 Å². The molecule has 0 aliphatic rings. The van der Waals surface area contributed by atoms with Gasteiger partial charge in [-0.15, -0.1) is 0 Å². The van der Waals surface area contributed by atoms with Gasteiger partial charge in [0, 0.05) is 5.69 Å². The number of benzene rings is 2. The monoisotopic (exact) mass is 330 g/mol. The minimum absolute atomic E-state index is 0.0134. The Morgan fingerprint density at radius 2 is 1.75 bits per heavy atom. The molecule has 1 unspecified atom stereocenters. The second kappa shape index (κ2) is 8.10. The van der Waals surface area contributed by atoms with Crippen molar-refractivity contribution in [3.05, 3.63) is 48.0 Å². The summed E-state index contributed by atoms with van der Waals surface area (Å²) in [6, 6.07) is 11.1. The Bertz CT molecular complexity index is 666. The third-order valence-electron chi connectivity index (χ3n) is 3.58. The van der Waals surface area contributed by atoms with Gasteiger partial charge in [0.2, 0.25) is 0 Å². The van der Waals surface area contributed by atoms with Crippen LogP contribution in [0.4, 0.5) is 10.5 Å². The number of anilines is 1. The summed E-state index contributed by atoms with van der Waals surface area (Å²) in [5, 5.41) is 24.6. The molecule has 0 heterocycles. The fourth-order valence-electron chi connectivity index (χ4n) is 2.02. The highest BCUT2D eigenvalue weighted by Gasteiger charge is 2.09. The summed E-state index contributed by atoms with van der Waals surface area (Å²) >= 11 is 0. The average Bonchev–Trinajstić information content (AvgIpc) is 2.56. The molecule has 24 heavy (non-hydrogen) atoms. The fraction of sp³-hybridized carbons (Fsp3) is 0.278. The molecule has 0 aliphatic carbocycles. The molecule has 0 saturated heterocycles. The van der Waals surface area contributed by atoms with E-state index in [1.807, 2.05) is 13.8 Å². The summed E-state index contributed by atoms with van der Waals surface area (Å²) in [5.41, 5.74) is 0.885. The first-order valence-electron chi connectivity index (χ1n) is 7.81. The Morgan fingerprint density at radius 1 is 1.12 bits per heavy atom. The van der Waals surface area contributed by atoms with E-state index in [-0.39, 0.29) is 29.7 Å². The van der Waals surface area contributed by atoms with Crippen molar-refractivity contribution in [3.8, 4) is 17.2 Å². The van der Waals surface area contributed by atoms with E-state index in [4.69, 9.17) is 4.74 Å². The molecule has 0 bridgehead atoms. The maximum Gasteiger partial charge on any atom is 0.319 e. The van der Waals surface area contributed by atoms with Crippen LogP contribution in [-0.2, 0) is 6.54 Å². The highest BCUT2D eigenvalue weighted by Crippen LogP contribution is 2.25. The topological polar surface area (TPSA) is 90.8 Å². The van der Waals surface area contributed by atoms with Crippen LogP contribution in [0.2, 0.25) is 0 Å². The molecule has 4 N–H and O–H groups in total. The summed E-state index contributed by atoms with van der Waals surface area (Å²) in [4.78, 5) is 11.9. The summed E-state index contributed by atoms with van der Waals surface area (Å²) in [7, 11) is 0. The minimum atomic E-state index is -0.437. The normalized spacial score (nSPS) is 11.6. The van der Waals surface area contributed by atoms with Crippen LogP contribution < -0.4 is 15.4 Å². The van der Waals surface area contributed by atoms with Crippen molar-refractivity contribution in [2.24, 2.45) is 0 Å². The van der Waals surface area contributed by atoms with Crippen molar-refractivity contribution < 1.29 is 19.7 Å². The van der Waals surface area contributed by atoms with Gasteiger partial charge in [0.05, 0.1) is 18.2 Å². The van der Waals surface area contributed by atoms with E-state index in [0.29, 0.717) is 5.69 Å². The smallest absolute Gasteiger partial charge is 0.319 e. The van der Waals surface area contributed by atoms with Crippen LogP contribution in [0.3, 0.4) is 0 Å². The van der Waals surface area contributed by atoms with E-state index in [9.17, 15) is 15.0 Å². The third-order valence-corrected chi connectivity index (χ3v) is 3.58. The molecule has 0 radical (unpaired) electrons. The fourth-order valence-corrected chi connectivity index (χ4v) is 2.02. The number of carbonyl (C=O) groups is 1. The molecule has 6 heteroatoms. The molecule has 2 amide bonds. The lowest BCUT2D eigenvalue weighted by atomic mass is 10.2. The maximum absolute atomic E-state index is 11.9. The standard InChI is InChI=1S/C18H22N2O4/c1-3-12(2)24-14-9-7-13(8-10-14)20-18(23)19-11-15-16(21)5-4-6-17(15)22/h4-10,12,21-22H,3,11H2,1-2H3,(H2,19,20,23). The molecule has 0 fully saturated rings. The molecule has 0 saturated carbocycles. The van der Waals surface area contributed by atoms with Gasteiger partial charge < -0.3 is 25.6 Å². The van der Waals surface area contributed by atoms with Gasteiger partial charge >= 0.3 is 6.03 Å². The first-order valence-corrected chi connectivity index (χ1v) is 7.81. The van der Waals surface area contributed by atoms with E-state index >= 15 is 0 Å². The number of urea groups is 1. The predicted molar refractivity (Wildman–Crippen MR) is 92.5 cm³/mol. The molecule has 0 spiro atoms. The van der Waals surface area contributed by atoms with Gasteiger partial charge in [0.25, 0.3) is 0 Å². The lowest BCUT2D eigenvalue weighted by Gasteiger charge is -2.13. The lowest BCUT2D eigenvalue weighted by molar-refractivity contribution is 0.217. The molecular formula is C18H22N2O4. The van der Waals surface area contributed by atoms with Gasteiger partial charge in [-0.2, -0.15) is 0 Å². The van der Waals surface area contributed by atoms with Crippen LogP contribution in [0.5, 0.6) is 17.2 Å². The third kappa shape index (κ3) is 4.81. The molecule has 2 rings (SSSR count). The number of hydrogen-bond donors (Lipinski definition) is 4. The predicted octanol–water partition coefficient (Wildman–Crippen LogP) is 3.60. The highest BCUT2D eigenvalue weighted by molar-refractivity contribution is 5.89. The Hall–Kier alpha value is -2.89. The molecule has 0 aromatic heterocycles. The van der Waals surface area contributed by atoms with Crippen molar-refractivity contribution in [2.45, 2.75) is 32.9 Å². The zero-order valence-electron chi connectivity index (χ0n) is 13.7. The molecule has 0 aliphatic heterocycles. The highest BCUT2D eigenvalue weighted by atomic mass is 16.5. The molecule has 2 aromatic rings. The minimum Gasteiger partial charge on any atom is -0.507 e. The van der Waals surface area contributed by atoms with Gasteiger partial charge in [0.1, 0.15) is 17.2 Å². The second-order valence-electron chi connectivity index (χ2n) is 5.44. The van der Waals surface area contributed by atoms with E-state index in [1.54, 1.807) is 24.3 Å². The number of rotatable bonds is 6. The zero-order chi connectivity index (χ0) is 17.5. The molecular weight excluding hydrogens is 308 g/mol. The van der Waals surface area contributed by atoms with Crippen molar-refractivity contribution in [2.75, 3.05) is 5.32 Å². The van der Waals surface area contributed by atoms with E-state index in [1.165, 1.54) is 18.2 Å². The van der Waals surface area contributed by atoms with E-state index in [0.717, 1.165) is 12.2 Å². The van der Waals surface area contributed by atoms with E-state index < -0.39 is 6.03 Å². The molecule has 1 atom stereocenters. The maximum atomic E-state index is 11.9. The number of phenols is 2. The summed E-state index contributed by atoms with van der Waals surface area (Å²) in [5.74, 6) is 0.609. The number of nitrogens with one attached hydrogen (secondary N) is 2. The molecule has 2 aromatic carbocycles. The molecule has 6 nitrogen and oxygen atoms in total. The van der Waals surface area contributed by atoms with Crippen molar-refractivity contribution in [3.63, 3.8) is 0 Å². The Kier molecular flexibility index (Phi) is 5.89. The van der Waals surface area contributed by atoms with Crippen LogP contribution in [0.25, 0.3) is 0 Å². The average molecular weight is 330 g/mol. The summed E-state index contributed by atoms with van der Waals surface area (Å²) < 4.78 is 5.67. The largest absolute Gasteiger partial charge is 0.507 e. The zero-order valence-corrected chi connectivity index (χ0v) is 13.7. The number of ether oxygens (including phenoxy) is 1. The van der Waals surface area contributed by atoms with Crippen LogP contribution in [0.1, 0.15) is 25.8 Å². The van der Waals surface area contributed by atoms with Crippen LogP contribution in [0, 0.1) is 0 Å². The first-order chi connectivity index (χ1) is 11.5. The first kappa shape index (κ1) is 17.5. The second-order valence-corrected chi connectivity index (χ2v) is 5.44. The Labute approximate surface area is 141 Å². The van der Waals surface area contributed by atoms with Crippen LogP contribution >= 0.6 is 0 Å². The summed E-state index contributed by atoms with van der Waals surface area (Å²) in [6.45, 7) is 4.06. The number of carbonyl (C=O) groups excluding carboxylic acids is 1. The summed E-state index contributed by atoms with van der Waals surface area (Å²) in [6.07, 6.45) is 1.06. The van der Waals surface area contributed by atoms with Crippen LogP contribution in [-0.4, -0.2) is 22.3 Å². The number of amides is 2. The van der Waals surface area contributed by atoms with Gasteiger partial charge in [-0.05, 0) is 49.7 Å². The lowest BCUT2D eigenvalue weighted by Crippen LogP contribution is -2.28. The number of hydrogen-bond acceptors (Lipinski definition) is 4. The van der Waals surface area contributed by atoms with Crippen molar-refractivity contribution in [1.82, 2.24) is 5.32 Å². The van der Waals surface area contributed by atoms with Gasteiger partial charge in [-0.3, -0.25) is 0 Å². The van der Waals surface area contributed by atoms with E-state index in [2.05, 4.69) is 10.6 Å².